The quantitative estimate of drug-likeness (QED) is 0.171. The molecule has 5 atom stereocenters. The Morgan fingerprint density at radius 2 is 1.24 bits per heavy atom. The lowest BCUT2D eigenvalue weighted by molar-refractivity contribution is -0.0796. The van der Waals surface area contributed by atoms with Crippen LogP contribution in [0, 0.1) is 42.9 Å². The second kappa shape index (κ2) is 12.1. The fourth-order valence-corrected chi connectivity index (χ4v) is 14.1. The lowest BCUT2D eigenvalue weighted by atomic mass is 9.42. The zero-order valence-corrected chi connectivity index (χ0v) is 28.9. The van der Waals surface area contributed by atoms with Crippen LogP contribution in [-0.4, -0.2) is 12.3 Å². The van der Waals surface area contributed by atoms with Crippen molar-refractivity contribution >= 4 is 33.3 Å². The maximum Gasteiger partial charge on any atom is 0.0316 e. The predicted octanol–water partition coefficient (Wildman–Crippen LogP) is 10.2. The first-order chi connectivity index (χ1) is 22.1. The van der Waals surface area contributed by atoms with Crippen LogP contribution in [0.3, 0.4) is 0 Å². The molecule has 0 nitrogen and oxygen atoms in total. The summed E-state index contributed by atoms with van der Waals surface area (Å²) >= 11 is 0. The molecule has 0 saturated heterocycles. The monoisotopic (exact) mass is 624 g/mol. The minimum absolute atomic E-state index is 0.290. The van der Waals surface area contributed by atoms with Crippen LogP contribution in [-0.2, 0) is 0 Å². The highest BCUT2D eigenvalue weighted by atomic mass is 31.1. The lowest BCUT2D eigenvalue weighted by Gasteiger charge is -2.63. The van der Waals surface area contributed by atoms with Crippen molar-refractivity contribution in [1.82, 2.24) is 0 Å². The molecule has 0 aliphatic heterocycles. The van der Waals surface area contributed by atoms with Gasteiger partial charge in [0.2, 0.25) is 0 Å². The third-order valence-corrected chi connectivity index (χ3v) is 15.3. The molecule has 5 unspecified atom stereocenters. The summed E-state index contributed by atoms with van der Waals surface area (Å²) < 4.78 is 0. The highest BCUT2D eigenvalue weighted by Crippen LogP contribution is 2.70. The molecule has 5 aliphatic rings. The molecular formula is C43H46P2. The van der Waals surface area contributed by atoms with Crippen LogP contribution in [0.15, 0.2) is 126 Å². The van der Waals surface area contributed by atoms with E-state index in [1.165, 1.54) is 66.1 Å². The molecule has 4 aromatic carbocycles. The second-order valence-corrected chi connectivity index (χ2v) is 17.1. The van der Waals surface area contributed by atoms with Gasteiger partial charge in [0, 0.05) is 12.1 Å². The van der Waals surface area contributed by atoms with Crippen LogP contribution < -0.4 is 10.6 Å². The summed E-state index contributed by atoms with van der Waals surface area (Å²) in [5.74, 6) is 3.77. The van der Waals surface area contributed by atoms with E-state index in [9.17, 15) is 0 Å². The van der Waals surface area contributed by atoms with E-state index in [0.717, 1.165) is 29.8 Å². The third kappa shape index (κ3) is 5.13. The summed E-state index contributed by atoms with van der Waals surface area (Å²) in [5, 5.41) is 3.08. The average Bonchev–Trinajstić information content (AvgIpc) is 3.45. The minimum atomic E-state index is -0.574. The van der Waals surface area contributed by atoms with Crippen molar-refractivity contribution in [3.05, 3.63) is 149 Å². The molecule has 0 heterocycles. The molecule has 4 fully saturated rings. The van der Waals surface area contributed by atoms with Gasteiger partial charge < -0.3 is 0 Å². The van der Waals surface area contributed by atoms with Gasteiger partial charge in [0.15, 0.2) is 0 Å². The number of hydrogen-bond donors (Lipinski definition) is 0. The van der Waals surface area contributed by atoms with E-state index < -0.39 is 7.92 Å². The Kier molecular flexibility index (Phi) is 7.97. The van der Waals surface area contributed by atoms with Gasteiger partial charge in [0.1, 0.15) is 0 Å². The van der Waals surface area contributed by atoms with Gasteiger partial charge >= 0.3 is 0 Å². The molecule has 0 aromatic heterocycles. The Morgan fingerprint density at radius 3 is 1.82 bits per heavy atom. The summed E-state index contributed by atoms with van der Waals surface area (Å²) in [6.45, 7) is 4.66. The Balaban J connectivity index is 1.38. The van der Waals surface area contributed by atoms with E-state index in [4.69, 9.17) is 0 Å². The van der Waals surface area contributed by atoms with Gasteiger partial charge in [-0.05, 0) is 139 Å². The second-order valence-electron chi connectivity index (χ2n) is 14.5. The molecule has 9 rings (SSSR count). The van der Waals surface area contributed by atoms with Crippen LogP contribution in [0.1, 0.15) is 60.3 Å². The highest BCUT2D eigenvalue weighted by Gasteiger charge is 2.60. The zero-order valence-electron chi connectivity index (χ0n) is 26.8. The van der Waals surface area contributed by atoms with E-state index in [-0.39, 0.29) is 5.41 Å². The fraction of sp³-hybridized carbons (Fsp3) is 0.349. The van der Waals surface area contributed by atoms with Gasteiger partial charge in [-0.15, -0.1) is 9.24 Å². The number of rotatable bonds is 8. The van der Waals surface area contributed by atoms with Crippen molar-refractivity contribution in [2.24, 2.45) is 29.1 Å². The van der Waals surface area contributed by atoms with Crippen LogP contribution in [0.4, 0.5) is 0 Å². The van der Waals surface area contributed by atoms with Gasteiger partial charge in [-0.3, -0.25) is 0 Å². The van der Waals surface area contributed by atoms with Gasteiger partial charge in [-0.25, -0.2) is 0 Å². The molecule has 4 bridgehead atoms. The average molecular weight is 625 g/mol. The summed E-state index contributed by atoms with van der Waals surface area (Å²) in [4.78, 5) is 0. The van der Waals surface area contributed by atoms with E-state index in [0.29, 0.717) is 5.92 Å². The standard InChI is InChI=1S/C43H46P2/c1-29-13-9-11-19-39(29)45(40-20-12-10-14-30(40)2)28-36-24-37(33-15-5-3-6-16-33)41(34-17-7-4-8-18-34)42(36)43-25-31-21-32(26-43)23-35(22-31)38(43)27-44/h3-20,24,31-32,35,38,41H,21-23,25-28,44H2,1-2H3. The molecular weight excluding hydrogens is 578 g/mol. The molecule has 0 spiro atoms. The minimum Gasteiger partial charge on any atom is -0.137 e. The number of benzene rings is 4. The summed E-state index contributed by atoms with van der Waals surface area (Å²) in [5.41, 5.74) is 11.0. The molecule has 2 heteroatoms. The van der Waals surface area contributed by atoms with E-state index in [1.807, 2.05) is 5.57 Å². The van der Waals surface area contributed by atoms with Gasteiger partial charge in [-0.1, -0.05) is 115 Å². The summed E-state index contributed by atoms with van der Waals surface area (Å²) in [6, 6.07) is 41.4. The fourth-order valence-electron chi connectivity index (χ4n) is 10.5. The molecule has 0 radical (unpaired) electrons. The molecule has 5 aliphatic carbocycles. The first kappa shape index (κ1) is 29.6. The Hall–Kier alpha value is -2.78. The molecule has 228 valence electrons. The molecule has 0 amide bonds. The predicted molar refractivity (Wildman–Crippen MR) is 198 cm³/mol. The van der Waals surface area contributed by atoms with Crippen LogP contribution >= 0.6 is 17.2 Å². The van der Waals surface area contributed by atoms with E-state index >= 15 is 0 Å². The number of aryl methyl sites for hydroxylation is 2. The summed E-state index contributed by atoms with van der Waals surface area (Å²) in [7, 11) is 2.67. The van der Waals surface area contributed by atoms with Crippen molar-refractivity contribution < 1.29 is 0 Å². The maximum atomic E-state index is 3.24. The molecule has 4 saturated carbocycles. The van der Waals surface area contributed by atoms with Crippen molar-refractivity contribution in [2.75, 3.05) is 12.3 Å². The normalized spacial score (nSPS) is 28.6. The van der Waals surface area contributed by atoms with Crippen LogP contribution in [0.5, 0.6) is 0 Å². The number of allylic oxidation sites excluding steroid dienone is 4. The van der Waals surface area contributed by atoms with E-state index in [2.05, 4.69) is 138 Å². The Morgan fingerprint density at radius 1 is 0.689 bits per heavy atom. The van der Waals surface area contributed by atoms with Crippen molar-refractivity contribution in [3.8, 4) is 0 Å². The van der Waals surface area contributed by atoms with Gasteiger partial charge in [0.25, 0.3) is 0 Å². The van der Waals surface area contributed by atoms with Crippen molar-refractivity contribution in [2.45, 2.75) is 51.9 Å². The molecule has 0 N–H and O–H groups in total. The van der Waals surface area contributed by atoms with Crippen molar-refractivity contribution in [3.63, 3.8) is 0 Å². The molecule has 4 aromatic rings. The SMILES string of the molecule is Cc1ccccc1P(CC1=C(C23CC4CC(CC(C4)C2CP)C3)C(c2ccccc2)C(c2ccccc2)=C1)c1ccccc1C. The van der Waals surface area contributed by atoms with Gasteiger partial charge in [0.05, 0.1) is 0 Å². The van der Waals surface area contributed by atoms with Gasteiger partial charge in [-0.2, -0.15) is 0 Å². The lowest BCUT2D eigenvalue weighted by Crippen LogP contribution is -2.54. The smallest absolute Gasteiger partial charge is 0.0316 e. The zero-order chi connectivity index (χ0) is 30.5. The van der Waals surface area contributed by atoms with Crippen LogP contribution in [0.25, 0.3) is 5.57 Å². The number of hydrogen-bond acceptors (Lipinski definition) is 0. The van der Waals surface area contributed by atoms with E-state index in [1.54, 1.807) is 16.2 Å². The first-order valence-corrected chi connectivity index (χ1v) is 19.5. The van der Waals surface area contributed by atoms with Crippen LogP contribution in [0.2, 0.25) is 0 Å². The molecule has 45 heavy (non-hydrogen) atoms. The topological polar surface area (TPSA) is 0 Å². The first-order valence-electron chi connectivity index (χ1n) is 17.2. The highest BCUT2D eigenvalue weighted by molar-refractivity contribution is 7.73. The van der Waals surface area contributed by atoms with Crippen molar-refractivity contribution in [1.29, 1.82) is 0 Å². The summed E-state index contributed by atoms with van der Waals surface area (Å²) in [6.07, 6.45) is 12.2. The Labute approximate surface area is 274 Å². The third-order valence-electron chi connectivity index (χ3n) is 12.0. The largest absolute Gasteiger partial charge is 0.137 e. The Bertz CT molecular complexity index is 1690. The maximum absolute atomic E-state index is 3.24.